The first-order chi connectivity index (χ1) is 7.90. The second kappa shape index (κ2) is 6.58. The summed E-state index contributed by atoms with van der Waals surface area (Å²) in [5.74, 6) is 0.979. The third kappa shape index (κ3) is 4.04. The number of hydrogen-bond acceptors (Lipinski definition) is 3. The molecule has 2 fully saturated rings. The molecule has 1 unspecified atom stereocenters. The second-order valence-electron chi connectivity index (χ2n) is 5.10. The summed E-state index contributed by atoms with van der Waals surface area (Å²) in [6.07, 6.45) is 5.39. The van der Waals surface area contributed by atoms with Crippen LogP contribution in [-0.4, -0.2) is 50.3 Å². The van der Waals surface area contributed by atoms with Crippen LogP contribution in [0.3, 0.4) is 0 Å². The van der Waals surface area contributed by atoms with Gasteiger partial charge in [-0.25, -0.2) is 0 Å². The van der Waals surface area contributed by atoms with Crippen molar-refractivity contribution in [2.24, 2.45) is 5.92 Å². The Morgan fingerprint density at radius 1 is 1.38 bits per heavy atom. The highest BCUT2D eigenvalue weighted by atomic mass is 16.5. The number of rotatable bonds is 6. The molecule has 0 aromatic carbocycles. The Kier molecular flexibility index (Phi) is 5.07. The fourth-order valence-corrected chi connectivity index (χ4v) is 2.58. The van der Waals surface area contributed by atoms with Gasteiger partial charge in [0, 0.05) is 32.3 Å². The van der Waals surface area contributed by atoms with Crippen molar-refractivity contribution in [3.8, 4) is 0 Å². The molecule has 0 spiro atoms. The molecule has 1 aliphatic carbocycles. The van der Waals surface area contributed by atoms with Crippen LogP contribution in [0.15, 0.2) is 0 Å². The summed E-state index contributed by atoms with van der Waals surface area (Å²) in [5.41, 5.74) is 0. The van der Waals surface area contributed by atoms with Crippen LogP contribution in [0.2, 0.25) is 0 Å². The van der Waals surface area contributed by atoms with Gasteiger partial charge >= 0.3 is 0 Å². The molecule has 0 aromatic heterocycles. The summed E-state index contributed by atoms with van der Waals surface area (Å²) in [7, 11) is 0. The van der Waals surface area contributed by atoms with Gasteiger partial charge in [0.2, 0.25) is 0 Å². The lowest BCUT2D eigenvalue weighted by molar-refractivity contribution is 0.131. The average Bonchev–Trinajstić information content (AvgIpc) is 3.10. The SMILES string of the molecule is CCOCCCN1CCCNC(C2CC2)C1. The Bertz CT molecular complexity index is 194. The molecule has 1 aliphatic heterocycles. The van der Waals surface area contributed by atoms with Crippen molar-refractivity contribution in [1.29, 1.82) is 0 Å². The van der Waals surface area contributed by atoms with Crippen molar-refractivity contribution in [1.82, 2.24) is 10.2 Å². The van der Waals surface area contributed by atoms with E-state index in [0.29, 0.717) is 0 Å². The van der Waals surface area contributed by atoms with E-state index in [1.807, 2.05) is 0 Å². The Hall–Kier alpha value is -0.120. The van der Waals surface area contributed by atoms with Crippen LogP contribution in [0.4, 0.5) is 0 Å². The van der Waals surface area contributed by atoms with Gasteiger partial charge < -0.3 is 15.0 Å². The van der Waals surface area contributed by atoms with Gasteiger partial charge in [-0.05, 0) is 51.6 Å². The van der Waals surface area contributed by atoms with E-state index in [1.54, 1.807) is 0 Å². The second-order valence-corrected chi connectivity index (χ2v) is 5.10. The van der Waals surface area contributed by atoms with E-state index in [4.69, 9.17) is 4.74 Å². The third-order valence-electron chi connectivity index (χ3n) is 3.67. The van der Waals surface area contributed by atoms with E-state index in [0.717, 1.165) is 25.2 Å². The maximum Gasteiger partial charge on any atom is 0.0478 e. The van der Waals surface area contributed by atoms with Gasteiger partial charge in [0.1, 0.15) is 0 Å². The van der Waals surface area contributed by atoms with Gasteiger partial charge in [-0.2, -0.15) is 0 Å². The van der Waals surface area contributed by atoms with E-state index in [1.165, 1.54) is 51.9 Å². The first kappa shape index (κ1) is 12.3. The molecule has 16 heavy (non-hydrogen) atoms. The standard InChI is InChI=1S/C13H26N2O/c1-2-16-10-4-9-15-8-3-7-14-13(11-15)12-5-6-12/h12-14H,2-11H2,1H3. The zero-order valence-electron chi connectivity index (χ0n) is 10.6. The Morgan fingerprint density at radius 2 is 2.25 bits per heavy atom. The Morgan fingerprint density at radius 3 is 3.00 bits per heavy atom. The van der Waals surface area contributed by atoms with E-state index < -0.39 is 0 Å². The Balaban J connectivity index is 1.66. The van der Waals surface area contributed by atoms with E-state index >= 15 is 0 Å². The topological polar surface area (TPSA) is 24.5 Å². The summed E-state index contributed by atoms with van der Waals surface area (Å²) < 4.78 is 5.40. The zero-order valence-corrected chi connectivity index (χ0v) is 10.6. The molecule has 2 rings (SSSR count). The molecule has 2 aliphatic rings. The molecule has 0 aromatic rings. The van der Waals surface area contributed by atoms with Crippen LogP contribution in [0.25, 0.3) is 0 Å². The summed E-state index contributed by atoms with van der Waals surface area (Å²) in [6, 6.07) is 0.773. The lowest BCUT2D eigenvalue weighted by Crippen LogP contribution is -2.39. The van der Waals surface area contributed by atoms with Crippen LogP contribution in [0.5, 0.6) is 0 Å². The third-order valence-corrected chi connectivity index (χ3v) is 3.67. The van der Waals surface area contributed by atoms with Gasteiger partial charge in [-0.15, -0.1) is 0 Å². The van der Waals surface area contributed by atoms with Gasteiger partial charge in [-0.3, -0.25) is 0 Å². The van der Waals surface area contributed by atoms with Crippen LogP contribution < -0.4 is 5.32 Å². The van der Waals surface area contributed by atoms with E-state index in [2.05, 4.69) is 17.1 Å². The van der Waals surface area contributed by atoms with Crippen molar-refractivity contribution < 1.29 is 4.74 Å². The van der Waals surface area contributed by atoms with Gasteiger partial charge in [0.25, 0.3) is 0 Å². The quantitative estimate of drug-likeness (QED) is 0.694. The molecule has 0 amide bonds. The normalized spacial score (nSPS) is 27.9. The first-order valence-corrected chi connectivity index (χ1v) is 6.93. The highest BCUT2D eigenvalue weighted by molar-refractivity contribution is 4.89. The number of hydrogen-bond donors (Lipinski definition) is 1. The molecule has 1 heterocycles. The van der Waals surface area contributed by atoms with Crippen LogP contribution in [0, 0.1) is 5.92 Å². The smallest absolute Gasteiger partial charge is 0.0478 e. The lowest BCUT2D eigenvalue weighted by atomic mass is 10.2. The molecule has 3 heteroatoms. The average molecular weight is 226 g/mol. The molecule has 1 atom stereocenters. The minimum absolute atomic E-state index is 0.773. The number of ether oxygens (including phenoxy) is 1. The van der Waals surface area contributed by atoms with Crippen molar-refractivity contribution >= 4 is 0 Å². The van der Waals surface area contributed by atoms with Crippen molar-refractivity contribution in [3.63, 3.8) is 0 Å². The van der Waals surface area contributed by atoms with Gasteiger partial charge in [0.05, 0.1) is 0 Å². The van der Waals surface area contributed by atoms with Gasteiger partial charge in [0.15, 0.2) is 0 Å². The monoisotopic (exact) mass is 226 g/mol. The maximum atomic E-state index is 5.40. The van der Waals surface area contributed by atoms with Crippen molar-refractivity contribution in [2.45, 2.75) is 38.6 Å². The molecule has 3 nitrogen and oxygen atoms in total. The minimum Gasteiger partial charge on any atom is -0.382 e. The molecule has 0 bridgehead atoms. The lowest BCUT2D eigenvalue weighted by Gasteiger charge is -2.24. The fraction of sp³-hybridized carbons (Fsp3) is 1.00. The molecule has 1 saturated carbocycles. The summed E-state index contributed by atoms with van der Waals surface area (Å²) in [6.45, 7) is 8.80. The van der Waals surface area contributed by atoms with E-state index in [-0.39, 0.29) is 0 Å². The van der Waals surface area contributed by atoms with Crippen molar-refractivity contribution in [3.05, 3.63) is 0 Å². The minimum atomic E-state index is 0.773. The highest BCUT2D eigenvalue weighted by Gasteiger charge is 2.32. The largest absolute Gasteiger partial charge is 0.382 e. The summed E-state index contributed by atoms with van der Waals surface area (Å²) in [4.78, 5) is 2.63. The summed E-state index contributed by atoms with van der Waals surface area (Å²) in [5, 5.41) is 3.70. The zero-order chi connectivity index (χ0) is 11.2. The van der Waals surface area contributed by atoms with Crippen LogP contribution >= 0.6 is 0 Å². The molecule has 1 N–H and O–H groups in total. The van der Waals surface area contributed by atoms with E-state index in [9.17, 15) is 0 Å². The molecule has 1 saturated heterocycles. The molecule has 94 valence electrons. The maximum absolute atomic E-state index is 5.40. The summed E-state index contributed by atoms with van der Waals surface area (Å²) >= 11 is 0. The molecule has 0 radical (unpaired) electrons. The van der Waals surface area contributed by atoms with Gasteiger partial charge in [-0.1, -0.05) is 0 Å². The van der Waals surface area contributed by atoms with Crippen LogP contribution in [0.1, 0.15) is 32.6 Å². The highest BCUT2D eigenvalue weighted by Crippen LogP contribution is 2.33. The number of nitrogens with one attached hydrogen (secondary N) is 1. The van der Waals surface area contributed by atoms with Crippen molar-refractivity contribution in [2.75, 3.05) is 39.4 Å². The Labute approximate surface area is 99.5 Å². The predicted octanol–water partition coefficient (Wildman–Crippen LogP) is 1.49. The van der Waals surface area contributed by atoms with Crippen LogP contribution in [-0.2, 0) is 4.74 Å². The fourth-order valence-electron chi connectivity index (χ4n) is 2.58. The molecular formula is C13H26N2O. The first-order valence-electron chi connectivity index (χ1n) is 6.93. The predicted molar refractivity (Wildman–Crippen MR) is 66.7 cm³/mol. The molecular weight excluding hydrogens is 200 g/mol. The number of nitrogens with zero attached hydrogens (tertiary/aromatic N) is 1.